The van der Waals surface area contributed by atoms with Crippen LogP contribution in [0.5, 0.6) is 0 Å². The van der Waals surface area contributed by atoms with Gasteiger partial charge < -0.3 is 9.88 Å². The Balaban J connectivity index is 1.53. The van der Waals surface area contributed by atoms with E-state index in [1.807, 2.05) is 37.3 Å². The third kappa shape index (κ3) is 3.30. The molecule has 2 fully saturated rings. The van der Waals surface area contributed by atoms with Crippen molar-refractivity contribution in [3.05, 3.63) is 47.7 Å². The number of nitrogens with zero attached hydrogens (tertiary/aromatic N) is 2. The van der Waals surface area contributed by atoms with Crippen molar-refractivity contribution in [1.29, 1.82) is 0 Å². The third-order valence-electron chi connectivity index (χ3n) is 6.21. The zero-order chi connectivity index (χ0) is 21.7. The van der Waals surface area contributed by atoms with E-state index in [0.717, 1.165) is 21.7 Å². The topological polar surface area (TPSA) is 71.4 Å². The highest BCUT2D eigenvalue weighted by atomic mass is 19.3. The molecule has 1 aliphatic heterocycles. The molecule has 1 aromatic carbocycles. The quantitative estimate of drug-likeness (QED) is 0.612. The fraction of sp³-hybridized carbons (Fsp3) is 0.409. The number of ketones is 1. The number of alkyl halides is 2. The van der Waals surface area contributed by atoms with Gasteiger partial charge in [-0.2, -0.15) is 0 Å². The van der Waals surface area contributed by atoms with E-state index in [0.29, 0.717) is 5.69 Å². The van der Waals surface area contributed by atoms with Crippen LogP contribution >= 0.6 is 0 Å². The van der Waals surface area contributed by atoms with Crippen LogP contribution < -0.4 is 5.32 Å². The SMILES string of the molecule is Cc1ccccc1-c1ccc(C(=O)CN2C(=O)NC3(CCC(F)(F)CC3)C2=O)n1C. The number of amides is 3. The zero-order valence-electron chi connectivity index (χ0n) is 16.9. The second-order valence-corrected chi connectivity index (χ2v) is 8.16. The van der Waals surface area contributed by atoms with Gasteiger partial charge in [-0.05, 0) is 37.5 Å². The van der Waals surface area contributed by atoms with E-state index in [9.17, 15) is 23.2 Å². The number of aryl methyl sites for hydroxylation is 1. The summed E-state index contributed by atoms with van der Waals surface area (Å²) in [4.78, 5) is 39.0. The number of Topliss-reactive ketones (excluding diaryl/α,β-unsaturated/α-hetero) is 1. The molecule has 2 aliphatic rings. The molecule has 8 heteroatoms. The molecule has 6 nitrogen and oxygen atoms in total. The Kier molecular flexibility index (Phi) is 4.75. The zero-order valence-corrected chi connectivity index (χ0v) is 16.9. The minimum absolute atomic E-state index is 0.128. The molecule has 2 heterocycles. The summed E-state index contributed by atoms with van der Waals surface area (Å²) in [5.41, 5.74) is 1.93. The Morgan fingerprint density at radius 2 is 1.73 bits per heavy atom. The van der Waals surface area contributed by atoms with Crippen molar-refractivity contribution in [3.8, 4) is 11.3 Å². The van der Waals surface area contributed by atoms with Crippen molar-refractivity contribution in [2.75, 3.05) is 6.54 Å². The lowest BCUT2D eigenvalue weighted by Gasteiger charge is -2.34. The van der Waals surface area contributed by atoms with Gasteiger partial charge in [-0.15, -0.1) is 0 Å². The number of urea groups is 1. The highest BCUT2D eigenvalue weighted by Gasteiger charge is 2.55. The molecule has 4 rings (SSSR count). The first-order valence-corrected chi connectivity index (χ1v) is 9.90. The number of hydrogen-bond donors (Lipinski definition) is 1. The van der Waals surface area contributed by atoms with Crippen molar-refractivity contribution < 1.29 is 23.2 Å². The van der Waals surface area contributed by atoms with Gasteiger partial charge in [0.1, 0.15) is 5.54 Å². The molecule has 0 atom stereocenters. The van der Waals surface area contributed by atoms with Gasteiger partial charge in [0.2, 0.25) is 5.92 Å². The van der Waals surface area contributed by atoms with E-state index in [2.05, 4.69) is 5.32 Å². The third-order valence-corrected chi connectivity index (χ3v) is 6.21. The van der Waals surface area contributed by atoms with Gasteiger partial charge in [0.25, 0.3) is 5.91 Å². The predicted molar refractivity (Wildman–Crippen MR) is 106 cm³/mol. The van der Waals surface area contributed by atoms with Crippen LogP contribution in [0.25, 0.3) is 11.3 Å². The molecule has 158 valence electrons. The molecule has 1 spiro atoms. The monoisotopic (exact) mass is 415 g/mol. The Morgan fingerprint density at radius 1 is 1.07 bits per heavy atom. The molecular weight excluding hydrogens is 392 g/mol. The van der Waals surface area contributed by atoms with Crippen molar-refractivity contribution in [2.45, 2.75) is 44.1 Å². The van der Waals surface area contributed by atoms with Crippen molar-refractivity contribution >= 4 is 17.7 Å². The summed E-state index contributed by atoms with van der Waals surface area (Å²) in [7, 11) is 1.76. The summed E-state index contributed by atoms with van der Waals surface area (Å²) < 4.78 is 28.8. The van der Waals surface area contributed by atoms with Gasteiger partial charge in [-0.25, -0.2) is 13.6 Å². The summed E-state index contributed by atoms with van der Waals surface area (Å²) in [6.07, 6.45) is -1.18. The summed E-state index contributed by atoms with van der Waals surface area (Å²) in [6.45, 7) is 1.55. The van der Waals surface area contributed by atoms with Crippen LogP contribution in [0.2, 0.25) is 0 Å². The Morgan fingerprint density at radius 3 is 2.40 bits per heavy atom. The molecule has 0 unspecified atom stereocenters. The summed E-state index contributed by atoms with van der Waals surface area (Å²) in [6, 6.07) is 10.6. The first-order chi connectivity index (χ1) is 14.1. The van der Waals surface area contributed by atoms with Gasteiger partial charge in [0.15, 0.2) is 5.78 Å². The van der Waals surface area contributed by atoms with E-state index in [-0.39, 0.29) is 18.6 Å². The molecular formula is C22H23F2N3O3. The predicted octanol–water partition coefficient (Wildman–Crippen LogP) is 3.68. The second kappa shape index (κ2) is 7.04. The largest absolute Gasteiger partial charge is 0.341 e. The number of rotatable bonds is 4. The normalized spacial score (nSPS) is 19.9. The molecule has 0 radical (unpaired) electrons. The lowest BCUT2D eigenvalue weighted by atomic mass is 9.80. The van der Waals surface area contributed by atoms with E-state index in [4.69, 9.17) is 0 Å². The molecule has 1 N–H and O–H groups in total. The van der Waals surface area contributed by atoms with Gasteiger partial charge in [0, 0.05) is 31.1 Å². The maximum Gasteiger partial charge on any atom is 0.325 e. The molecule has 1 aliphatic carbocycles. The Hall–Kier alpha value is -3.03. The smallest absolute Gasteiger partial charge is 0.325 e. The van der Waals surface area contributed by atoms with E-state index >= 15 is 0 Å². The van der Waals surface area contributed by atoms with E-state index in [1.165, 1.54) is 0 Å². The fourth-order valence-corrected chi connectivity index (χ4v) is 4.35. The molecule has 1 saturated carbocycles. The first-order valence-electron chi connectivity index (χ1n) is 9.90. The maximum absolute atomic E-state index is 13.5. The number of carbonyl (C=O) groups is 3. The molecule has 30 heavy (non-hydrogen) atoms. The van der Waals surface area contributed by atoms with Crippen molar-refractivity contribution in [2.24, 2.45) is 7.05 Å². The molecule has 0 bridgehead atoms. The summed E-state index contributed by atoms with van der Waals surface area (Å²) >= 11 is 0. The van der Waals surface area contributed by atoms with Gasteiger partial charge >= 0.3 is 6.03 Å². The molecule has 3 amide bonds. The number of aromatic nitrogens is 1. The standard InChI is InChI=1S/C22H23F2N3O3/c1-14-5-3-4-6-15(14)16-7-8-17(26(16)2)18(28)13-27-19(29)21(25-20(27)30)9-11-22(23,24)12-10-21/h3-8H,9-13H2,1-2H3,(H,25,30). The number of halogens is 2. The molecule has 2 aromatic rings. The number of imide groups is 1. The van der Waals surface area contributed by atoms with Crippen LogP contribution in [0, 0.1) is 6.92 Å². The lowest BCUT2D eigenvalue weighted by molar-refractivity contribution is -0.135. The van der Waals surface area contributed by atoms with Crippen molar-refractivity contribution in [3.63, 3.8) is 0 Å². The van der Waals surface area contributed by atoms with Crippen LogP contribution in [0.4, 0.5) is 13.6 Å². The van der Waals surface area contributed by atoms with E-state index in [1.54, 1.807) is 17.7 Å². The van der Waals surface area contributed by atoms with Crippen molar-refractivity contribution in [1.82, 2.24) is 14.8 Å². The van der Waals surface area contributed by atoms with Crippen LogP contribution in [-0.4, -0.2) is 45.2 Å². The minimum Gasteiger partial charge on any atom is -0.341 e. The van der Waals surface area contributed by atoms with Gasteiger partial charge in [0.05, 0.1) is 12.2 Å². The average molecular weight is 415 g/mol. The Labute approximate surface area is 172 Å². The summed E-state index contributed by atoms with van der Waals surface area (Å²) in [5.74, 6) is -3.81. The van der Waals surface area contributed by atoms with Gasteiger partial charge in [-0.1, -0.05) is 24.3 Å². The lowest BCUT2D eigenvalue weighted by Crippen LogP contribution is -2.51. The highest BCUT2D eigenvalue weighted by molar-refractivity contribution is 6.11. The van der Waals surface area contributed by atoms with Crippen LogP contribution in [-0.2, 0) is 11.8 Å². The number of carbonyl (C=O) groups excluding carboxylic acids is 3. The fourth-order valence-electron chi connectivity index (χ4n) is 4.35. The second-order valence-electron chi connectivity index (χ2n) is 8.16. The average Bonchev–Trinajstić information content (AvgIpc) is 3.18. The van der Waals surface area contributed by atoms with Gasteiger partial charge in [-0.3, -0.25) is 14.5 Å². The molecule has 1 saturated heterocycles. The Bertz CT molecular complexity index is 1030. The van der Waals surface area contributed by atoms with Crippen LogP contribution in [0.3, 0.4) is 0 Å². The first kappa shape index (κ1) is 20.3. The van der Waals surface area contributed by atoms with E-state index < -0.39 is 42.8 Å². The number of benzene rings is 1. The van der Waals surface area contributed by atoms with Crippen LogP contribution in [0.15, 0.2) is 36.4 Å². The number of hydrogen-bond acceptors (Lipinski definition) is 3. The highest BCUT2D eigenvalue weighted by Crippen LogP contribution is 2.41. The van der Waals surface area contributed by atoms with Crippen LogP contribution in [0.1, 0.15) is 41.7 Å². The minimum atomic E-state index is -2.82. The summed E-state index contributed by atoms with van der Waals surface area (Å²) in [5, 5.41) is 2.56. The number of nitrogens with one attached hydrogen (secondary N) is 1. The maximum atomic E-state index is 13.5. The molecule has 1 aromatic heterocycles.